The lowest BCUT2D eigenvalue weighted by molar-refractivity contribution is -0.121. The Labute approximate surface area is 106 Å². The van der Waals surface area contributed by atoms with Crippen LogP contribution in [0.1, 0.15) is 6.42 Å². The minimum Gasteiger partial charge on any atom is -0.324 e. The highest BCUT2D eigenvalue weighted by Crippen LogP contribution is 2.17. The Morgan fingerprint density at radius 1 is 1.22 bits per heavy atom. The zero-order valence-corrected chi connectivity index (χ0v) is 10.4. The average Bonchev–Trinajstić information content (AvgIpc) is 2.77. The topological polar surface area (TPSA) is 89.3 Å². The van der Waals surface area contributed by atoms with Crippen LogP contribution in [-0.4, -0.2) is 20.4 Å². The summed E-state index contributed by atoms with van der Waals surface area (Å²) in [6, 6.07) is 7.60. The second kappa shape index (κ2) is 4.91. The molecule has 0 aromatic heterocycles. The molecule has 0 bridgehead atoms. The van der Waals surface area contributed by atoms with Crippen LogP contribution in [-0.2, 0) is 14.8 Å². The van der Waals surface area contributed by atoms with E-state index in [2.05, 4.69) is 4.72 Å². The number of amides is 1. The predicted octanol–water partition coefficient (Wildman–Crippen LogP) is 0.395. The molecule has 1 aliphatic rings. The van der Waals surface area contributed by atoms with Crippen LogP contribution in [0.4, 0.5) is 0 Å². The number of rotatable bonds is 3. The van der Waals surface area contributed by atoms with Crippen LogP contribution >= 0.6 is 0 Å². The number of nitrogens with two attached hydrogens (primary N) is 1. The maximum absolute atomic E-state index is 11.9. The second-order valence-electron chi connectivity index (χ2n) is 4.17. The molecule has 3 N–H and O–H groups in total. The quantitative estimate of drug-likeness (QED) is 0.775. The average molecular weight is 266 g/mol. The molecule has 0 fully saturated rings. The minimum atomic E-state index is -3.79. The standard InChI is InChI=1S/C12H14N2O3S/c13-10-7-6-9(8-10)12(15)14-18(16,17)11-4-2-1-3-5-11/h1-7,9-10H,8,13H2,(H,14,15). The number of hydrogen-bond acceptors (Lipinski definition) is 4. The minimum absolute atomic E-state index is 0.0737. The highest BCUT2D eigenvalue weighted by Gasteiger charge is 2.26. The van der Waals surface area contributed by atoms with E-state index >= 15 is 0 Å². The molecule has 0 radical (unpaired) electrons. The predicted molar refractivity (Wildman–Crippen MR) is 67.0 cm³/mol. The van der Waals surface area contributed by atoms with Crippen LogP contribution in [0, 0.1) is 5.92 Å². The Balaban J connectivity index is 2.10. The van der Waals surface area contributed by atoms with Gasteiger partial charge in [-0.3, -0.25) is 4.79 Å². The van der Waals surface area contributed by atoms with E-state index in [1.807, 2.05) is 0 Å². The zero-order valence-electron chi connectivity index (χ0n) is 9.61. The van der Waals surface area contributed by atoms with Gasteiger partial charge in [0.15, 0.2) is 0 Å². The summed E-state index contributed by atoms with van der Waals surface area (Å²) in [6.45, 7) is 0. The molecular weight excluding hydrogens is 252 g/mol. The maximum Gasteiger partial charge on any atom is 0.264 e. The Kier molecular flexibility index (Phi) is 3.49. The fourth-order valence-electron chi connectivity index (χ4n) is 1.79. The molecule has 18 heavy (non-hydrogen) atoms. The summed E-state index contributed by atoms with van der Waals surface area (Å²) in [5.74, 6) is -1.01. The summed E-state index contributed by atoms with van der Waals surface area (Å²) in [5.41, 5.74) is 5.62. The first kappa shape index (κ1) is 12.8. The van der Waals surface area contributed by atoms with Gasteiger partial charge >= 0.3 is 0 Å². The van der Waals surface area contributed by atoms with Crippen LogP contribution in [0.5, 0.6) is 0 Å². The molecule has 0 saturated heterocycles. The van der Waals surface area contributed by atoms with Crippen molar-refractivity contribution in [2.75, 3.05) is 0 Å². The molecule has 6 heteroatoms. The van der Waals surface area contributed by atoms with E-state index in [1.165, 1.54) is 12.1 Å². The van der Waals surface area contributed by atoms with E-state index in [-0.39, 0.29) is 10.9 Å². The summed E-state index contributed by atoms with van der Waals surface area (Å²) in [4.78, 5) is 11.9. The molecule has 2 rings (SSSR count). The number of carbonyl (C=O) groups excluding carboxylic acids is 1. The van der Waals surface area contributed by atoms with E-state index in [9.17, 15) is 13.2 Å². The first-order valence-electron chi connectivity index (χ1n) is 5.54. The molecule has 1 aromatic rings. The molecule has 0 aliphatic heterocycles. The van der Waals surface area contributed by atoms with Crippen molar-refractivity contribution in [3.8, 4) is 0 Å². The molecule has 0 heterocycles. The molecule has 1 amide bonds. The smallest absolute Gasteiger partial charge is 0.264 e. The van der Waals surface area contributed by atoms with Crippen molar-refractivity contribution in [2.24, 2.45) is 11.7 Å². The number of sulfonamides is 1. The van der Waals surface area contributed by atoms with Gasteiger partial charge in [0.1, 0.15) is 0 Å². The lowest BCUT2D eigenvalue weighted by Crippen LogP contribution is -2.35. The van der Waals surface area contributed by atoms with Gasteiger partial charge in [-0.05, 0) is 18.6 Å². The van der Waals surface area contributed by atoms with Crippen molar-refractivity contribution in [3.05, 3.63) is 42.5 Å². The molecule has 2 atom stereocenters. The summed E-state index contributed by atoms with van der Waals surface area (Å²) in [7, 11) is -3.79. The highest BCUT2D eigenvalue weighted by molar-refractivity contribution is 7.90. The molecule has 96 valence electrons. The van der Waals surface area contributed by atoms with Crippen LogP contribution in [0.3, 0.4) is 0 Å². The van der Waals surface area contributed by atoms with Crippen LogP contribution in [0.2, 0.25) is 0 Å². The van der Waals surface area contributed by atoms with Gasteiger partial charge in [0.2, 0.25) is 5.91 Å². The van der Waals surface area contributed by atoms with Crippen molar-refractivity contribution in [3.63, 3.8) is 0 Å². The van der Waals surface area contributed by atoms with E-state index < -0.39 is 21.8 Å². The van der Waals surface area contributed by atoms with Gasteiger partial charge in [-0.25, -0.2) is 13.1 Å². The molecule has 0 spiro atoms. The summed E-state index contributed by atoms with van der Waals surface area (Å²) in [6.07, 6.45) is 3.79. The lowest BCUT2D eigenvalue weighted by Gasteiger charge is -2.11. The maximum atomic E-state index is 11.9. The Morgan fingerprint density at radius 2 is 1.89 bits per heavy atom. The molecule has 2 unspecified atom stereocenters. The van der Waals surface area contributed by atoms with E-state index in [0.29, 0.717) is 6.42 Å². The molecule has 1 aliphatic carbocycles. The van der Waals surface area contributed by atoms with Gasteiger partial charge in [0.05, 0.1) is 10.8 Å². The monoisotopic (exact) mass is 266 g/mol. The SMILES string of the molecule is NC1C=CC(C(=O)NS(=O)(=O)c2ccccc2)C1. The van der Waals surface area contributed by atoms with Gasteiger partial charge in [0, 0.05) is 6.04 Å². The molecule has 5 nitrogen and oxygen atoms in total. The summed E-state index contributed by atoms with van der Waals surface area (Å²) in [5, 5.41) is 0. The van der Waals surface area contributed by atoms with E-state index in [4.69, 9.17) is 5.73 Å². The Bertz CT molecular complexity index is 566. The van der Waals surface area contributed by atoms with Crippen molar-refractivity contribution in [1.82, 2.24) is 4.72 Å². The van der Waals surface area contributed by atoms with E-state index in [1.54, 1.807) is 30.4 Å². The number of nitrogens with one attached hydrogen (secondary N) is 1. The third-order valence-electron chi connectivity index (χ3n) is 2.74. The summed E-state index contributed by atoms with van der Waals surface area (Å²) >= 11 is 0. The van der Waals surface area contributed by atoms with Crippen LogP contribution < -0.4 is 10.5 Å². The second-order valence-corrected chi connectivity index (χ2v) is 5.86. The van der Waals surface area contributed by atoms with Crippen molar-refractivity contribution in [1.29, 1.82) is 0 Å². The zero-order chi connectivity index (χ0) is 13.2. The number of benzene rings is 1. The van der Waals surface area contributed by atoms with Gasteiger partial charge in [-0.2, -0.15) is 0 Å². The van der Waals surface area contributed by atoms with Gasteiger partial charge in [-0.1, -0.05) is 30.4 Å². The summed E-state index contributed by atoms with van der Waals surface area (Å²) < 4.78 is 25.8. The molecule has 0 saturated carbocycles. The van der Waals surface area contributed by atoms with Gasteiger partial charge in [0.25, 0.3) is 10.0 Å². The molecular formula is C12H14N2O3S. The fourth-order valence-corrected chi connectivity index (χ4v) is 2.84. The highest BCUT2D eigenvalue weighted by atomic mass is 32.2. The Morgan fingerprint density at radius 3 is 2.44 bits per heavy atom. The lowest BCUT2D eigenvalue weighted by atomic mass is 10.1. The normalized spacial score (nSPS) is 22.9. The van der Waals surface area contributed by atoms with Gasteiger partial charge in [-0.15, -0.1) is 0 Å². The first-order chi connectivity index (χ1) is 8.49. The van der Waals surface area contributed by atoms with E-state index in [0.717, 1.165) is 0 Å². The molecule has 1 aromatic carbocycles. The van der Waals surface area contributed by atoms with Gasteiger partial charge < -0.3 is 5.73 Å². The van der Waals surface area contributed by atoms with Crippen LogP contribution in [0.15, 0.2) is 47.4 Å². The van der Waals surface area contributed by atoms with Crippen LogP contribution in [0.25, 0.3) is 0 Å². The number of carbonyl (C=O) groups is 1. The van der Waals surface area contributed by atoms with Crippen molar-refractivity contribution < 1.29 is 13.2 Å². The third-order valence-corrected chi connectivity index (χ3v) is 4.10. The largest absolute Gasteiger partial charge is 0.324 e. The van der Waals surface area contributed by atoms with Crippen molar-refractivity contribution >= 4 is 15.9 Å². The third kappa shape index (κ3) is 2.77. The Hall–Kier alpha value is -1.66. The van der Waals surface area contributed by atoms with Crippen molar-refractivity contribution in [2.45, 2.75) is 17.4 Å². The first-order valence-corrected chi connectivity index (χ1v) is 7.03. The number of hydrogen-bond donors (Lipinski definition) is 2. The fraction of sp³-hybridized carbons (Fsp3) is 0.250.